The Balaban J connectivity index is 2.70. The fraction of sp³-hybridized carbons (Fsp3) is 0.571. The molecule has 0 aliphatic rings. The van der Waals surface area contributed by atoms with Gasteiger partial charge >= 0.3 is 0 Å². The lowest BCUT2D eigenvalue weighted by Crippen LogP contribution is -2.30. The Morgan fingerprint density at radius 2 is 1.59 bits per heavy atom. The predicted octanol–water partition coefficient (Wildman–Crippen LogP) is 1.05. The number of sulfonamides is 2. The molecule has 0 heterocycles. The van der Waals surface area contributed by atoms with Gasteiger partial charge in [0.15, 0.2) is 0 Å². The molecule has 0 amide bonds. The maximum atomic E-state index is 11.9. The molecule has 0 saturated heterocycles. The van der Waals surface area contributed by atoms with Gasteiger partial charge in [-0.2, -0.15) is 0 Å². The van der Waals surface area contributed by atoms with Crippen LogP contribution in [0.2, 0.25) is 0 Å². The normalized spacial score (nSPS) is 13.0. The van der Waals surface area contributed by atoms with Crippen LogP contribution in [0.1, 0.15) is 19.4 Å². The van der Waals surface area contributed by atoms with Gasteiger partial charge in [0.2, 0.25) is 20.0 Å². The average molecular weight is 348 g/mol. The summed E-state index contributed by atoms with van der Waals surface area (Å²) in [5, 5.41) is 0. The molecular weight excluding hydrogens is 324 g/mol. The first-order chi connectivity index (χ1) is 10.0. The van der Waals surface area contributed by atoms with Crippen molar-refractivity contribution in [2.24, 2.45) is 5.92 Å². The minimum Gasteiger partial charge on any atom is -0.215 e. The van der Waals surface area contributed by atoms with E-state index in [1.165, 1.54) is 26.2 Å². The molecule has 0 fully saturated rings. The van der Waals surface area contributed by atoms with E-state index in [0.29, 0.717) is 13.0 Å². The highest BCUT2D eigenvalue weighted by Crippen LogP contribution is 2.14. The van der Waals surface area contributed by atoms with Crippen LogP contribution in [0, 0.1) is 5.92 Å². The van der Waals surface area contributed by atoms with Gasteiger partial charge in [0.1, 0.15) is 0 Å². The number of nitrogens with zero attached hydrogens (tertiary/aromatic N) is 1. The van der Waals surface area contributed by atoms with E-state index in [1.54, 1.807) is 12.1 Å². The Labute approximate surface area is 133 Å². The summed E-state index contributed by atoms with van der Waals surface area (Å²) in [6, 6.07) is 6.29. The largest absolute Gasteiger partial charge is 0.242 e. The standard InChI is InChI=1S/C14H24N2O4S2/c1-12(2)11-15-21(17,18)10-9-13-5-7-14(8-6-13)22(19,20)16(3)4/h5-8,12,15H,9-11H2,1-4H3. The molecule has 6 nitrogen and oxygen atoms in total. The monoisotopic (exact) mass is 348 g/mol. The number of benzene rings is 1. The third-order valence-corrected chi connectivity index (χ3v) is 6.25. The maximum Gasteiger partial charge on any atom is 0.242 e. The molecule has 1 N–H and O–H groups in total. The van der Waals surface area contributed by atoms with Crippen LogP contribution in [0.15, 0.2) is 29.2 Å². The third-order valence-electron chi connectivity index (χ3n) is 3.07. The van der Waals surface area contributed by atoms with Crippen molar-refractivity contribution in [2.45, 2.75) is 25.2 Å². The third kappa shape index (κ3) is 5.68. The molecule has 1 rings (SSSR count). The van der Waals surface area contributed by atoms with E-state index in [0.717, 1.165) is 9.87 Å². The molecule has 22 heavy (non-hydrogen) atoms. The van der Waals surface area contributed by atoms with Crippen LogP contribution >= 0.6 is 0 Å². The van der Waals surface area contributed by atoms with E-state index in [9.17, 15) is 16.8 Å². The van der Waals surface area contributed by atoms with Gasteiger partial charge in [0.05, 0.1) is 10.6 Å². The fourth-order valence-electron chi connectivity index (χ4n) is 1.66. The van der Waals surface area contributed by atoms with Crippen molar-refractivity contribution < 1.29 is 16.8 Å². The Kier molecular flexibility index (Phi) is 6.54. The van der Waals surface area contributed by atoms with Crippen molar-refractivity contribution in [2.75, 3.05) is 26.4 Å². The van der Waals surface area contributed by atoms with Crippen LogP contribution in [0.4, 0.5) is 0 Å². The highest BCUT2D eigenvalue weighted by atomic mass is 32.2. The van der Waals surface area contributed by atoms with Crippen molar-refractivity contribution in [3.05, 3.63) is 29.8 Å². The summed E-state index contributed by atoms with van der Waals surface area (Å²) in [5.41, 5.74) is 0.785. The molecule has 0 aliphatic carbocycles. The lowest BCUT2D eigenvalue weighted by atomic mass is 10.2. The average Bonchev–Trinajstić information content (AvgIpc) is 2.43. The van der Waals surface area contributed by atoms with Crippen LogP contribution in [0.3, 0.4) is 0 Å². The zero-order valence-electron chi connectivity index (χ0n) is 13.4. The molecule has 1 aromatic rings. The lowest BCUT2D eigenvalue weighted by Gasteiger charge is -2.12. The number of rotatable bonds is 8. The maximum absolute atomic E-state index is 11.9. The Bertz CT molecular complexity index is 678. The minimum absolute atomic E-state index is 0.0144. The van der Waals surface area contributed by atoms with E-state index in [4.69, 9.17) is 0 Å². The molecule has 126 valence electrons. The second-order valence-electron chi connectivity index (χ2n) is 5.74. The van der Waals surface area contributed by atoms with Gasteiger partial charge in [-0.25, -0.2) is 25.9 Å². The highest BCUT2D eigenvalue weighted by molar-refractivity contribution is 7.89. The van der Waals surface area contributed by atoms with E-state index in [2.05, 4.69) is 4.72 Å². The summed E-state index contributed by atoms with van der Waals surface area (Å²) in [6.07, 6.45) is 0.343. The first-order valence-electron chi connectivity index (χ1n) is 7.03. The first kappa shape index (κ1) is 19.1. The molecule has 0 saturated carbocycles. The number of hydrogen-bond acceptors (Lipinski definition) is 4. The van der Waals surface area contributed by atoms with Gasteiger partial charge in [-0.05, 0) is 30.0 Å². The van der Waals surface area contributed by atoms with Crippen LogP contribution in [0.25, 0.3) is 0 Å². The van der Waals surface area contributed by atoms with Gasteiger partial charge in [-0.1, -0.05) is 26.0 Å². The van der Waals surface area contributed by atoms with Crippen LogP contribution in [-0.2, 0) is 26.5 Å². The predicted molar refractivity (Wildman–Crippen MR) is 87.6 cm³/mol. The second-order valence-corrected chi connectivity index (χ2v) is 9.82. The molecule has 0 aromatic heterocycles. The Hall–Kier alpha value is -0.960. The molecule has 0 bridgehead atoms. The molecule has 1 aromatic carbocycles. The fourth-order valence-corrected chi connectivity index (χ4v) is 3.79. The summed E-state index contributed by atoms with van der Waals surface area (Å²) in [5.74, 6) is 0.241. The van der Waals surface area contributed by atoms with Crippen LogP contribution in [0.5, 0.6) is 0 Å². The van der Waals surface area contributed by atoms with Crippen molar-refractivity contribution >= 4 is 20.0 Å². The van der Waals surface area contributed by atoms with Crippen molar-refractivity contribution in [3.8, 4) is 0 Å². The smallest absolute Gasteiger partial charge is 0.215 e. The van der Waals surface area contributed by atoms with Gasteiger partial charge in [0, 0.05) is 20.6 Å². The number of nitrogens with one attached hydrogen (secondary N) is 1. The summed E-state index contributed by atoms with van der Waals surface area (Å²) < 4.78 is 51.2. The van der Waals surface area contributed by atoms with Gasteiger partial charge in [-0.15, -0.1) is 0 Å². The number of aryl methyl sites for hydroxylation is 1. The van der Waals surface area contributed by atoms with Crippen molar-refractivity contribution in [1.29, 1.82) is 0 Å². The second kappa shape index (κ2) is 7.54. The molecular formula is C14H24N2O4S2. The molecule has 8 heteroatoms. The van der Waals surface area contributed by atoms with E-state index in [1.807, 2.05) is 13.8 Å². The van der Waals surface area contributed by atoms with E-state index < -0.39 is 20.0 Å². The zero-order chi connectivity index (χ0) is 17.0. The summed E-state index contributed by atoms with van der Waals surface area (Å²) in [4.78, 5) is 0.196. The van der Waals surface area contributed by atoms with Crippen molar-refractivity contribution in [1.82, 2.24) is 9.03 Å². The SMILES string of the molecule is CC(C)CNS(=O)(=O)CCc1ccc(S(=O)(=O)N(C)C)cc1. The van der Waals surface area contributed by atoms with Gasteiger partial charge < -0.3 is 0 Å². The van der Waals surface area contributed by atoms with E-state index >= 15 is 0 Å². The summed E-state index contributed by atoms with van der Waals surface area (Å²) in [7, 11) is -3.82. The summed E-state index contributed by atoms with van der Waals surface area (Å²) in [6.45, 7) is 4.29. The summed E-state index contributed by atoms with van der Waals surface area (Å²) >= 11 is 0. The van der Waals surface area contributed by atoms with Crippen LogP contribution < -0.4 is 4.72 Å². The topological polar surface area (TPSA) is 83.5 Å². The Morgan fingerprint density at radius 1 is 1.05 bits per heavy atom. The Morgan fingerprint density at radius 3 is 2.05 bits per heavy atom. The quantitative estimate of drug-likeness (QED) is 0.761. The molecule has 0 atom stereocenters. The minimum atomic E-state index is -3.45. The lowest BCUT2D eigenvalue weighted by molar-refractivity contribution is 0.520. The molecule has 0 spiro atoms. The molecule has 0 radical (unpaired) electrons. The number of hydrogen-bond donors (Lipinski definition) is 1. The molecule has 0 unspecified atom stereocenters. The zero-order valence-corrected chi connectivity index (χ0v) is 15.0. The highest BCUT2D eigenvalue weighted by Gasteiger charge is 2.17. The van der Waals surface area contributed by atoms with Gasteiger partial charge in [0.25, 0.3) is 0 Å². The van der Waals surface area contributed by atoms with Gasteiger partial charge in [-0.3, -0.25) is 0 Å². The van der Waals surface area contributed by atoms with E-state index in [-0.39, 0.29) is 16.6 Å². The first-order valence-corrected chi connectivity index (χ1v) is 10.1. The van der Waals surface area contributed by atoms with Crippen LogP contribution in [-0.4, -0.2) is 47.5 Å². The van der Waals surface area contributed by atoms with Crippen molar-refractivity contribution in [3.63, 3.8) is 0 Å². The molecule has 0 aliphatic heterocycles.